The molecular formula is C13H21NO2. The highest BCUT2D eigenvalue weighted by Crippen LogP contribution is 2.25. The number of likely N-dealkylation sites (tertiary alicyclic amines) is 1. The van der Waals surface area contributed by atoms with Gasteiger partial charge in [-0.3, -0.25) is 4.79 Å². The van der Waals surface area contributed by atoms with E-state index >= 15 is 0 Å². The molecule has 3 nitrogen and oxygen atoms in total. The number of carbonyl (C=O) groups excluding carboxylic acids is 1. The van der Waals surface area contributed by atoms with E-state index in [0.29, 0.717) is 6.54 Å². The summed E-state index contributed by atoms with van der Waals surface area (Å²) in [6.07, 6.45) is 8.83. The van der Waals surface area contributed by atoms with Crippen LogP contribution in [0, 0.1) is 5.92 Å². The first-order valence-electron chi connectivity index (χ1n) is 6.25. The van der Waals surface area contributed by atoms with Crippen molar-refractivity contribution in [1.29, 1.82) is 0 Å². The molecule has 0 spiro atoms. The number of β-amino-alcohol motifs (C(OH)–C–C–N with tert-alkyl or cyclic N) is 1. The predicted molar refractivity (Wildman–Crippen MR) is 62.9 cm³/mol. The first kappa shape index (κ1) is 11.6. The maximum Gasteiger partial charge on any atom is 0.226 e. The number of amides is 1. The number of allylic oxidation sites excluding steroid dienone is 2. The lowest BCUT2D eigenvalue weighted by atomic mass is 9.90. The molecule has 2 atom stereocenters. The molecule has 1 aliphatic carbocycles. The molecule has 0 saturated carbocycles. The molecule has 1 aliphatic heterocycles. The summed E-state index contributed by atoms with van der Waals surface area (Å²) >= 11 is 0. The molecule has 2 aliphatic rings. The standard InChI is InChI=1S/C13H21NO2/c1-13(16)8-5-9-14(10-13)12(15)11-6-3-2-4-7-11/h2-3,11,16H,4-10H2,1H3. The number of carbonyl (C=O) groups is 1. The highest BCUT2D eigenvalue weighted by Gasteiger charge is 2.33. The molecule has 0 aromatic heterocycles. The largest absolute Gasteiger partial charge is 0.388 e. The Hall–Kier alpha value is -0.830. The molecule has 16 heavy (non-hydrogen) atoms. The third-order valence-corrected chi connectivity index (χ3v) is 3.60. The quantitative estimate of drug-likeness (QED) is 0.688. The average molecular weight is 223 g/mol. The zero-order valence-corrected chi connectivity index (χ0v) is 9.98. The fraction of sp³-hybridized carbons (Fsp3) is 0.769. The topological polar surface area (TPSA) is 40.5 Å². The number of hydrogen-bond donors (Lipinski definition) is 1. The molecule has 1 heterocycles. The van der Waals surface area contributed by atoms with Gasteiger partial charge in [-0.25, -0.2) is 0 Å². The van der Waals surface area contributed by atoms with E-state index in [4.69, 9.17) is 0 Å². The van der Waals surface area contributed by atoms with Crippen molar-refractivity contribution in [1.82, 2.24) is 4.90 Å². The van der Waals surface area contributed by atoms with Crippen molar-refractivity contribution >= 4 is 5.91 Å². The Morgan fingerprint density at radius 2 is 2.31 bits per heavy atom. The van der Waals surface area contributed by atoms with Gasteiger partial charge in [0.25, 0.3) is 0 Å². The van der Waals surface area contributed by atoms with Gasteiger partial charge in [-0.05, 0) is 39.0 Å². The second-order valence-corrected chi connectivity index (χ2v) is 5.34. The van der Waals surface area contributed by atoms with Crippen LogP contribution in [-0.4, -0.2) is 34.6 Å². The molecule has 0 aromatic carbocycles. The van der Waals surface area contributed by atoms with Gasteiger partial charge in [-0.15, -0.1) is 0 Å². The minimum absolute atomic E-state index is 0.152. The molecule has 90 valence electrons. The van der Waals surface area contributed by atoms with Crippen LogP contribution < -0.4 is 0 Å². The van der Waals surface area contributed by atoms with E-state index in [-0.39, 0.29) is 11.8 Å². The lowest BCUT2D eigenvalue weighted by molar-refractivity contribution is -0.142. The van der Waals surface area contributed by atoms with Gasteiger partial charge in [0.15, 0.2) is 0 Å². The van der Waals surface area contributed by atoms with Crippen molar-refractivity contribution in [3.05, 3.63) is 12.2 Å². The van der Waals surface area contributed by atoms with E-state index in [2.05, 4.69) is 12.2 Å². The summed E-state index contributed by atoms with van der Waals surface area (Å²) in [5, 5.41) is 9.98. The smallest absolute Gasteiger partial charge is 0.226 e. The van der Waals surface area contributed by atoms with E-state index in [1.54, 1.807) is 0 Å². The summed E-state index contributed by atoms with van der Waals surface area (Å²) in [6.45, 7) is 3.15. The SMILES string of the molecule is CC1(O)CCCN(C(=O)C2CC=CCC2)C1. The van der Waals surface area contributed by atoms with Crippen molar-refractivity contribution in [3.63, 3.8) is 0 Å². The molecule has 2 unspecified atom stereocenters. The monoisotopic (exact) mass is 223 g/mol. The van der Waals surface area contributed by atoms with Crippen LogP contribution in [0.15, 0.2) is 12.2 Å². The van der Waals surface area contributed by atoms with E-state index in [0.717, 1.165) is 38.6 Å². The van der Waals surface area contributed by atoms with Gasteiger partial charge in [0.2, 0.25) is 5.91 Å². The number of piperidine rings is 1. The van der Waals surface area contributed by atoms with E-state index < -0.39 is 5.60 Å². The molecule has 0 bridgehead atoms. The maximum absolute atomic E-state index is 12.2. The summed E-state index contributed by atoms with van der Waals surface area (Å²) in [5.41, 5.74) is -0.682. The Morgan fingerprint density at radius 3 is 2.94 bits per heavy atom. The van der Waals surface area contributed by atoms with Crippen molar-refractivity contribution in [2.24, 2.45) is 5.92 Å². The number of rotatable bonds is 1. The molecule has 0 aromatic rings. The van der Waals surface area contributed by atoms with E-state index in [1.807, 2.05) is 11.8 Å². The third kappa shape index (κ3) is 2.64. The Bertz CT molecular complexity index is 296. The zero-order valence-electron chi connectivity index (χ0n) is 9.98. The highest BCUT2D eigenvalue weighted by molar-refractivity contribution is 5.79. The lowest BCUT2D eigenvalue weighted by Gasteiger charge is -2.38. The van der Waals surface area contributed by atoms with Crippen molar-refractivity contribution in [3.8, 4) is 0 Å². The lowest BCUT2D eigenvalue weighted by Crippen LogP contribution is -2.50. The number of hydrogen-bond acceptors (Lipinski definition) is 2. The summed E-state index contributed by atoms with van der Waals surface area (Å²) < 4.78 is 0. The van der Waals surface area contributed by atoms with Crippen LogP contribution in [0.2, 0.25) is 0 Å². The Balaban J connectivity index is 1.96. The number of aliphatic hydroxyl groups is 1. The molecule has 2 rings (SSSR count). The summed E-state index contributed by atoms with van der Waals surface area (Å²) in [6, 6.07) is 0. The normalized spacial score (nSPS) is 35.1. The van der Waals surface area contributed by atoms with Crippen molar-refractivity contribution < 1.29 is 9.90 Å². The zero-order chi connectivity index (χ0) is 11.6. The molecule has 1 fully saturated rings. The predicted octanol–water partition coefficient (Wildman–Crippen LogP) is 1.72. The molecule has 1 saturated heterocycles. The highest BCUT2D eigenvalue weighted by atomic mass is 16.3. The van der Waals surface area contributed by atoms with Crippen molar-refractivity contribution in [2.45, 2.75) is 44.6 Å². The van der Waals surface area contributed by atoms with E-state index in [1.165, 1.54) is 0 Å². The van der Waals surface area contributed by atoms with E-state index in [9.17, 15) is 9.90 Å². The van der Waals surface area contributed by atoms with Crippen LogP contribution in [0.1, 0.15) is 39.0 Å². The Kier molecular flexibility index (Phi) is 3.33. The molecule has 1 amide bonds. The summed E-state index contributed by atoms with van der Waals surface area (Å²) in [4.78, 5) is 14.1. The molecule has 0 radical (unpaired) electrons. The first-order chi connectivity index (χ1) is 7.58. The van der Waals surface area contributed by atoms with Gasteiger partial charge in [-0.1, -0.05) is 12.2 Å². The van der Waals surface area contributed by atoms with Gasteiger partial charge in [0, 0.05) is 19.0 Å². The van der Waals surface area contributed by atoms with Gasteiger partial charge < -0.3 is 10.0 Å². The van der Waals surface area contributed by atoms with Crippen LogP contribution in [-0.2, 0) is 4.79 Å². The summed E-state index contributed by atoms with van der Waals surface area (Å²) in [7, 11) is 0. The fourth-order valence-electron chi connectivity index (χ4n) is 2.68. The van der Waals surface area contributed by atoms with Crippen LogP contribution >= 0.6 is 0 Å². The molecular weight excluding hydrogens is 202 g/mol. The Morgan fingerprint density at radius 1 is 1.50 bits per heavy atom. The van der Waals surface area contributed by atoms with Gasteiger partial charge >= 0.3 is 0 Å². The minimum Gasteiger partial charge on any atom is -0.388 e. The molecule has 3 heteroatoms. The van der Waals surface area contributed by atoms with Crippen molar-refractivity contribution in [2.75, 3.05) is 13.1 Å². The van der Waals surface area contributed by atoms with Gasteiger partial charge in [-0.2, -0.15) is 0 Å². The maximum atomic E-state index is 12.2. The minimum atomic E-state index is -0.682. The fourth-order valence-corrected chi connectivity index (χ4v) is 2.68. The summed E-state index contributed by atoms with van der Waals surface area (Å²) in [5.74, 6) is 0.392. The number of nitrogens with zero attached hydrogens (tertiary/aromatic N) is 1. The van der Waals surface area contributed by atoms with Crippen LogP contribution in [0.3, 0.4) is 0 Å². The average Bonchev–Trinajstić information content (AvgIpc) is 2.28. The third-order valence-electron chi connectivity index (χ3n) is 3.60. The second-order valence-electron chi connectivity index (χ2n) is 5.34. The van der Waals surface area contributed by atoms with Crippen LogP contribution in [0.25, 0.3) is 0 Å². The first-order valence-corrected chi connectivity index (χ1v) is 6.25. The van der Waals surface area contributed by atoms with Gasteiger partial charge in [0.05, 0.1) is 5.60 Å². The second kappa shape index (κ2) is 4.58. The van der Waals surface area contributed by atoms with Gasteiger partial charge in [0.1, 0.15) is 0 Å². The Labute approximate surface area is 97.1 Å². The molecule has 1 N–H and O–H groups in total. The van der Waals surface area contributed by atoms with Crippen LogP contribution in [0.4, 0.5) is 0 Å². The van der Waals surface area contributed by atoms with Crippen LogP contribution in [0.5, 0.6) is 0 Å².